The minimum absolute atomic E-state index is 0.0520. The van der Waals surface area contributed by atoms with Crippen molar-refractivity contribution in [2.45, 2.75) is 0 Å². The fraction of sp³-hybridized carbons (Fsp3) is 0. The van der Waals surface area contributed by atoms with Gasteiger partial charge in [-0.1, -0.05) is 18.2 Å². The van der Waals surface area contributed by atoms with Crippen molar-refractivity contribution in [1.82, 2.24) is 15.0 Å². The van der Waals surface area contributed by atoms with Crippen molar-refractivity contribution in [2.24, 2.45) is 0 Å². The summed E-state index contributed by atoms with van der Waals surface area (Å²) in [6, 6.07) is 12.3. The van der Waals surface area contributed by atoms with E-state index in [4.69, 9.17) is 4.42 Å². The zero-order valence-electron chi connectivity index (χ0n) is 12.3. The molecule has 0 aliphatic rings. The Kier molecular flexibility index (Phi) is 2.42. The lowest BCUT2D eigenvalue weighted by Crippen LogP contribution is -2.05. The van der Waals surface area contributed by atoms with Crippen LogP contribution in [0.4, 0.5) is 0 Å². The summed E-state index contributed by atoms with van der Waals surface area (Å²) in [6.07, 6.45) is 1.37. The van der Waals surface area contributed by atoms with Crippen molar-refractivity contribution in [2.75, 3.05) is 0 Å². The Morgan fingerprint density at radius 3 is 2.83 bits per heavy atom. The van der Waals surface area contributed by atoms with Gasteiger partial charge in [0.2, 0.25) is 5.43 Å². The standard InChI is InChI=1S/C18H11N3O3/c22-9-5-6-11-14(7-9)24-8-12(16(11)23)17-20-15-10-3-1-2-4-13(10)19-18(15)21-17/h1-8,19,22H,(H,20,21). The van der Waals surface area contributed by atoms with Crippen LogP contribution in [0.3, 0.4) is 0 Å². The van der Waals surface area contributed by atoms with E-state index in [-0.39, 0.29) is 11.2 Å². The van der Waals surface area contributed by atoms with Gasteiger partial charge in [0.1, 0.15) is 29.0 Å². The van der Waals surface area contributed by atoms with E-state index in [9.17, 15) is 9.90 Å². The molecule has 6 heteroatoms. The van der Waals surface area contributed by atoms with Crippen LogP contribution in [0, 0.1) is 0 Å². The topological polar surface area (TPSA) is 94.9 Å². The second-order valence-electron chi connectivity index (χ2n) is 5.64. The third-order valence-electron chi connectivity index (χ3n) is 4.17. The Labute approximate surface area is 134 Å². The molecule has 6 nitrogen and oxygen atoms in total. The average Bonchev–Trinajstić information content (AvgIpc) is 3.12. The highest BCUT2D eigenvalue weighted by Crippen LogP contribution is 2.27. The molecule has 2 aromatic carbocycles. The first-order valence-electron chi connectivity index (χ1n) is 7.42. The Bertz CT molecular complexity index is 1290. The van der Waals surface area contributed by atoms with Gasteiger partial charge in [-0.2, -0.15) is 0 Å². The highest BCUT2D eigenvalue weighted by atomic mass is 16.3. The predicted octanol–water partition coefficient (Wildman–Crippen LogP) is 3.52. The molecule has 0 fully saturated rings. The molecule has 0 bridgehead atoms. The molecule has 0 amide bonds. The highest BCUT2D eigenvalue weighted by Gasteiger charge is 2.15. The molecule has 3 N–H and O–H groups in total. The minimum atomic E-state index is -0.197. The molecule has 0 unspecified atom stereocenters. The molecule has 3 aromatic heterocycles. The Morgan fingerprint density at radius 2 is 1.92 bits per heavy atom. The van der Waals surface area contributed by atoms with E-state index in [2.05, 4.69) is 15.0 Å². The molecule has 116 valence electrons. The normalized spacial score (nSPS) is 11.7. The van der Waals surface area contributed by atoms with Crippen LogP contribution >= 0.6 is 0 Å². The SMILES string of the molecule is O=c1c(-c2nc3[nH]c4ccccc4c3[nH]2)coc2cc(O)ccc12. The number of phenolic OH excluding ortho intramolecular Hbond substituents is 1. The van der Waals surface area contributed by atoms with Crippen LogP contribution in [0.2, 0.25) is 0 Å². The number of nitrogens with zero attached hydrogens (tertiary/aromatic N) is 1. The number of benzene rings is 2. The number of phenols is 1. The van der Waals surface area contributed by atoms with Gasteiger partial charge in [0.25, 0.3) is 0 Å². The fourth-order valence-electron chi connectivity index (χ4n) is 3.00. The molecule has 0 aliphatic carbocycles. The number of aromatic amines is 2. The molecular formula is C18H11N3O3. The minimum Gasteiger partial charge on any atom is -0.508 e. The summed E-state index contributed by atoms with van der Waals surface area (Å²) in [5.41, 5.74) is 3.02. The summed E-state index contributed by atoms with van der Waals surface area (Å²) in [4.78, 5) is 23.6. The number of hydrogen-bond acceptors (Lipinski definition) is 4. The number of aromatic hydroxyl groups is 1. The number of rotatable bonds is 1. The van der Waals surface area contributed by atoms with Crippen LogP contribution in [0.1, 0.15) is 0 Å². The number of fused-ring (bicyclic) bond motifs is 4. The molecule has 0 saturated carbocycles. The summed E-state index contributed by atoms with van der Waals surface area (Å²) in [5.74, 6) is 0.502. The molecular weight excluding hydrogens is 306 g/mol. The van der Waals surface area contributed by atoms with Gasteiger partial charge in [0.15, 0.2) is 5.65 Å². The zero-order valence-corrected chi connectivity index (χ0v) is 12.3. The zero-order chi connectivity index (χ0) is 16.3. The van der Waals surface area contributed by atoms with E-state index >= 15 is 0 Å². The van der Waals surface area contributed by atoms with E-state index in [1.165, 1.54) is 18.4 Å². The highest BCUT2D eigenvalue weighted by molar-refractivity contribution is 6.04. The Morgan fingerprint density at radius 1 is 1.04 bits per heavy atom. The molecule has 0 aliphatic heterocycles. The van der Waals surface area contributed by atoms with Crippen LogP contribution < -0.4 is 5.43 Å². The van der Waals surface area contributed by atoms with Crippen molar-refractivity contribution in [1.29, 1.82) is 0 Å². The first kappa shape index (κ1) is 13.0. The number of hydrogen-bond donors (Lipinski definition) is 3. The van der Waals surface area contributed by atoms with Gasteiger partial charge in [-0.05, 0) is 18.2 Å². The van der Waals surface area contributed by atoms with E-state index in [1.807, 2.05) is 24.3 Å². The quantitative estimate of drug-likeness (QED) is 0.441. The third-order valence-corrected chi connectivity index (χ3v) is 4.17. The molecule has 24 heavy (non-hydrogen) atoms. The second kappa shape index (κ2) is 4.48. The number of aromatic nitrogens is 3. The summed E-state index contributed by atoms with van der Waals surface area (Å²) in [7, 11) is 0. The largest absolute Gasteiger partial charge is 0.508 e. The molecule has 0 atom stereocenters. The lowest BCUT2D eigenvalue weighted by molar-refractivity contribution is 0.474. The van der Waals surface area contributed by atoms with Crippen molar-refractivity contribution in [3.05, 3.63) is 59.0 Å². The smallest absolute Gasteiger partial charge is 0.203 e. The summed E-state index contributed by atoms with van der Waals surface area (Å²) in [6.45, 7) is 0. The van der Waals surface area contributed by atoms with Crippen LogP contribution in [0.25, 0.3) is 44.4 Å². The molecule has 5 aromatic rings. The predicted molar refractivity (Wildman–Crippen MR) is 91.1 cm³/mol. The van der Waals surface area contributed by atoms with E-state index in [0.717, 1.165) is 16.4 Å². The van der Waals surface area contributed by atoms with Gasteiger partial charge >= 0.3 is 0 Å². The summed E-state index contributed by atoms with van der Waals surface area (Å²) in [5, 5.41) is 10.9. The van der Waals surface area contributed by atoms with E-state index in [1.54, 1.807) is 6.07 Å². The van der Waals surface area contributed by atoms with Crippen molar-refractivity contribution >= 4 is 33.0 Å². The molecule has 0 saturated heterocycles. The number of imidazole rings is 1. The van der Waals surface area contributed by atoms with Crippen LogP contribution in [0.15, 0.2) is 57.9 Å². The van der Waals surface area contributed by atoms with Crippen LogP contribution in [0.5, 0.6) is 5.75 Å². The maximum atomic E-state index is 12.7. The molecule has 5 rings (SSSR count). The first-order valence-corrected chi connectivity index (χ1v) is 7.42. The maximum Gasteiger partial charge on any atom is 0.203 e. The van der Waals surface area contributed by atoms with Gasteiger partial charge in [-0.15, -0.1) is 0 Å². The van der Waals surface area contributed by atoms with Gasteiger partial charge in [0, 0.05) is 17.0 Å². The Balaban J connectivity index is 1.77. The molecule has 0 spiro atoms. The lowest BCUT2D eigenvalue weighted by Gasteiger charge is -2.00. The number of H-pyrrole nitrogens is 2. The second-order valence-corrected chi connectivity index (χ2v) is 5.64. The van der Waals surface area contributed by atoms with Crippen molar-refractivity contribution in [3.8, 4) is 17.1 Å². The van der Waals surface area contributed by atoms with Gasteiger partial charge < -0.3 is 19.5 Å². The van der Waals surface area contributed by atoms with Crippen molar-refractivity contribution in [3.63, 3.8) is 0 Å². The average molecular weight is 317 g/mol. The number of para-hydroxylation sites is 1. The summed E-state index contributed by atoms with van der Waals surface area (Å²) >= 11 is 0. The molecule has 3 heterocycles. The van der Waals surface area contributed by atoms with Gasteiger partial charge in [-0.3, -0.25) is 4.79 Å². The fourth-order valence-corrected chi connectivity index (χ4v) is 3.00. The summed E-state index contributed by atoms with van der Waals surface area (Å²) < 4.78 is 5.49. The lowest BCUT2D eigenvalue weighted by atomic mass is 10.1. The number of nitrogens with one attached hydrogen (secondary N) is 2. The van der Waals surface area contributed by atoms with Gasteiger partial charge in [0.05, 0.1) is 10.9 Å². The molecule has 0 radical (unpaired) electrons. The van der Waals surface area contributed by atoms with E-state index < -0.39 is 0 Å². The van der Waals surface area contributed by atoms with Crippen molar-refractivity contribution < 1.29 is 9.52 Å². The first-order chi connectivity index (χ1) is 11.7. The third kappa shape index (κ3) is 1.70. The maximum absolute atomic E-state index is 12.7. The van der Waals surface area contributed by atoms with Crippen LogP contribution in [-0.4, -0.2) is 20.1 Å². The van der Waals surface area contributed by atoms with E-state index in [0.29, 0.717) is 28.0 Å². The monoisotopic (exact) mass is 317 g/mol. The van der Waals surface area contributed by atoms with Gasteiger partial charge in [-0.25, -0.2) is 4.98 Å². The Hall–Kier alpha value is -3.54. The van der Waals surface area contributed by atoms with Crippen LogP contribution in [-0.2, 0) is 0 Å².